The average Bonchev–Trinajstić information content (AvgIpc) is 3.05. The summed E-state index contributed by atoms with van der Waals surface area (Å²) in [4.78, 5) is 41.0. The lowest BCUT2D eigenvalue weighted by Crippen LogP contribution is -2.51. The Kier molecular flexibility index (Phi) is 16.6. The van der Waals surface area contributed by atoms with E-state index in [2.05, 4.69) is 30.3 Å². The van der Waals surface area contributed by atoms with Gasteiger partial charge in [0.1, 0.15) is 12.2 Å². The van der Waals surface area contributed by atoms with Crippen LogP contribution >= 0.6 is 23.2 Å². The van der Waals surface area contributed by atoms with Crippen molar-refractivity contribution in [3.63, 3.8) is 0 Å². The lowest BCUT2D eigenvalue weighted by atomic mass is 10.0. The van der Waals surface area contributed by atoms with Crippen LogP contribution in [0, 0.1) is 0 Å². The summed E-state index contributed by atoms with van der Waals surface area (Å²) in [5.41, 5.74) is 1.32. The number of unbranched alkanes of at least 4 members (excludes halogenated alkanes) is 3. The van der Waals surface area contributed by atoms with Gasteiger partial charge in [0.2, 0.25) is 0 Å². The molecule has 0 heterocycles. The summed E-state index contributed by atoms with van der Waals surface area (Å²) in [6, 6.07) is 20.2. The number of ether oxygens (including phenoxy) is 4. The molecule has 3 rings (SSSR count). The van der Waals surface area contributed by atoms with Crippen molar-refractivity contribution in [3.8, 4) is 0 Å². The van der Waals surface area contributed by atoms with E-state index in [0.717, 1.165) is 31.2 Å². The second-order valence-corrected chi connectivity index (χ2v) is 13.6. The molecule has 0 saturated heterocycles. The van der Waals surface area contributed by atoms with Crippen molar-refractivity contribution in [2.24, 2.45) is 0 Å². The number of benzene rings is 3. The van der Waals surface area contributed by atoms with Gasteiger partial charge in [-0.1, -0.05) is 90.3 Å². The zero-order valence-electron chi connectivity index (χ0n) is 29.2. The van der Waals surface area contributed by atoms with Gasteiger partial charge in [-0.15, -0.1) is 0 Å². The minimum atomic E-state index is -1.47. The maximum Gasteiger partial charge on any atom is 0.339 e. The summed E-state index contributed by atoms with van der Waals surface area (Å²) < 4.78 is 22.4. The van der Waals surface area contributed by atoms with Gasteiger partial charge in [-0.05, 0) is 93.8 Å². The monoisotopic (exact) mass is 713 g/mol. The Labute approximate surface area is 300 Å². The van der Waals surface area contributed by atoms with Crippen LogP contribution in [0.25, 0.3) is 16.8 Å². The standard InChI is InChI=1S/C39H49Cl2NO7/c1-6-46-34(43)27-48-36(38(45)49-39(2,3)4)35(47-24-14-8-10-16-29-20-22-32(40)33(41)26-29)37(44)42(5)23-13-7-9-15-28-19-21-30-17-11-12-18-31(30)25-28/h10-12,16-22,25-26,35-36H,6-9,13-15,23-24,27H2,1-5H3/t35-,36-/m1/s1. The number of fused-ring (bicyclic) bond motifs is 1. The predicted molar refractivity (Wildman–Crippen MR) is 196 cm³/mol. The van der Waals surface area contributed by atoms with Gasteiger partial charge in [0, 0.05) is 20.2 Å². The van der Waals surface area contributed by atoms with Crippen molar-refractivity contribution in [3.05, 3.63) is 87.9 Å². The van der Waals surface area contributed by atoms with Crippen LogP contribution in [0.1, 0.15) is 70.9 Å². The normalized spacial score (nSPS) is 13.0. The van der Waals surface area contributed by atoms with Crippen LogP contribution in [0.3, 0.4) is 0 Å². The smallest absolute Gasteiger partial charge is 0.339 e. The first-order valence-electron chi connectivity index (χ1n) is 16.8. The molecule has 8 nitrogen and oxygen atoms in total. The second-order valence-electron chi connectivity index (χ2n) is 12.8. The van der Waals surface area contributed by atoms with Crippen LogP contribution in [-0.4, -0.2) is 74.0 Å². The highest BCUT2D eigenvalue weighted by molar-refractivity contribution is 6.42. The minimum Gasteiger partial charge on any atom is -0.464 e. The van der Waals surface area contributed by atoms with E-state index in [9.17, 15) is 14.4 Å². The van der Waals surface area contributed by atoms with Crippen LogP contribution in [0.4, 0.5) is 0 Å². The summed E-state index contributed by atoms with van der Waals surface area (Å²) in [5, 5.41) is 3.40. The zero-order valence-corrected chi connectivity index (χ0v) is 30.7. The average molecular weight is 715 g/mol. The van der Waals surface area contributed by atoms with E-state index in [4.69, 9.17) is 42.1 Å². The number of halogens is 2. The molecular formula is C39H49Cl2NO7. The summed E-state index contributed by atoms with van der Waals surface area (Å²) >= 11 is 12.1. The molecule has 0 spiro atoms. The van der Waals surface area contributed by atoms with Crippen LogP contribution in [0.5, 0.6) is 0 Å². The molecule has 0 bridgehead atoms. The lowest BCUT2D eigenvalue weighted by Gasteiger charge is -2.31. The second kappa shape index (κ2) is 20.3. The molecule has 3 aromatic carbocycles. The Morgan fingerprint density at radius 1 is 0.857 bits per heavy atom. The molecule has 2 atom stereocenters. The van der Waals surface area contributed by atoms with E-state index >= 15 is 0 Å². The van der Waals surface area contributed by atoms with Gasteiger partial charge < -0.3 is 23.8 Å². The first-order chi connectivity index (χ1) is 23.4. The fourth-order valence-corrected chi connectivity index (χ4v) is 5.42. The Hall–Kier alpha value is -3.43. The fourth-order valence-electron chi connectivity index (χ4n) is 5.11. The highest BCUT2D eigenvalue weighted by Crippen LogP contribution is 2.23. The minimum absolute atomic E-state index is 0.150. The van der Waals surface area contributed by atoms with Crippen molar-refractivity contribution < 1.29 is 33.3 Å². The van der Waals surface area contributed by atoms with Crippen molar-refractivity contribution in [1.82, 2.24) is 4.90 Å². The summed E-state index contributed by atoms with van der Waals surface area (Å²) in [5.74, 6) is -1.88. The highest BCUT2D eigenvalue weighted by Gasteiger charge is 2.40. The molecule has 10 heteroatoms. The molecule has 3 aromatic rings. The third-order valence-electron chi connectivity index (χ3n) is 7.56. The molecule has 0 aromatic heterocycles. The number of rotatable bonds is 19. The third-order valence-corrected chi connectivity index (χ3v) is 8.30. The van der Waals surface area contributed by atoms with Crippen molar-refractivity contribution in [2.45, 2.75) is 84.0 Å². The molecule has 0 saturated carbocycles. The Balaban J connectivity index is 1.64. The molecule has 0 unspecified atom stereocenters. The van der Waals surface area contributed by atoms with Crippen LogP contribution in [0.15, 0.2) is 66.7 Å². The van der Waals surface area contributed by atoms with Gasteiger partial charge in [0.25, 0.3) is 5.91 Å². The lowest BCUT2D eigenvalue weighted by molar-refractivity contribution is -0.187. The van der Waals surface area contributed by atoms with Gasteiger partial charge in [0.15, 0.2) is 12.2 Å². The van der Waals surface area contributed by atoms with Crippen molar-refractivity contribution >= 4 is 57.9 Å². The van der Waals surface area contributed by atoms with Gasteiger partial charge in [0.05, 0.1) is 16.7 Å². The predicted octanol–water partition coefficient (Wildman–Crippen LogP) is 8.49. The van der Waals surface area contributed by atoms with Crippen molar-refractivity contribution in [2.75, 3.05) is 33.4 Å². The van der Waals surface area contributed by atoms with Crippen molar-refractivity contribution in [1.29, 1.82) is 0 Å². The number of esters is 2. The molecule has 0 radical (unpaired) electrons. The fraction of sp³-hybridized carbons (Fsp3) is 0.462. The zero-order chi connectivity index (χ0) is 35.8. The largest absolute Gasteiger partial charge is 0.464 e. The number of hydrogen-bond donors (Lipinski definition) is 0. The van der Waals surface area contributed by atoms with Gasteiger partial charge in [-0.3, -0.25) is 4.79 Å². The van der Waals surface area contributed by atoms with E-state index in [1.165, 1.54) is 16.3 Å². The van der Waals surface area contributed by atoms with Crippen LogP contribution < -0.4 is 0 Å². The van der Waals surface area contributed by atoms with Gasteiger partial charge in [-0.2, -0.15) is 0 Å². The number of carbonyl (C=O) groups is 3. The SMILES string of the molecule is CCOC(=O)CO[C@@H](C(=O)OC(C)(C)C)[C@@H](OCCCC=Cc1ccc(Cl)c(Cl)c1)C(=O)N(C)CCCCCc1ccc2ccccc2c1. The first kappa shape index (κ1) is 40.0. The molecule has 266 valence electrons. The summed E-state index contributed by atoms with van der Waals surface area (Å²) in [6.07, 6.45) is 5.86. The summed E-state index contributed by atoms with van der Waals surface area (Å²) in [7, 11) is 1.68. The summed E-state index contributed by atoms with van der Waals surface area (Å²) in [6.45, 7) is 7.06. The number of likely N-dealkylation sites (N-methyl/N-ethyl adjacent to an activating group) is 1. The number of carbonyl (C=O) groups excluding carboxylic acids is 3. The van der Waals surface area contributed by atoms with E-state index in [0.29, 0.717) is 29.4 Å². The maximum absolute atomic E-state index is 13.9. The van der Waals surface area contributed by atoms with Gasteiger partial charge >= 0.3 is 11.9 Å². The number of nitrogens with zero attached hydrogens (tertiary/aromatic N) is 1. The Morgan fingerprint density at radius 3 is 2.33 bits per heavy atom. The topological polar surface area (TPSA) is 91.4 Å². The van der Waals surface area contributed by atoms with Crippen LogP contribution in [0.2, 0.25) is 10.0 Å². The molecule has 0 aliphatic heterocycles. The van der Waals surface area contributed by atoms with E-state index in [1.54, 1.807) is 51.8 Å². The quantitative estimate of drug-likeness (QED) is 0.0909. The van der Waals surface area contributed by atoms with E-state index in [1.807, 2.05) is 30.4 Å². The number of amides is 1. The third kappa shape index (κ3) is 14.1. The van der Waals surface area contributed by atoms with Crippen LogP contribution in [-0.2, 0) is 39.8 Å². The molecule has 0 fully saturated rings. The van der Waals surface area contributed by atoms with Gasteiger partial charge in [-0.25, -0.2) is 9.59 Å². The number of hydrogen-bond acceptors (Lipinski definition) is 7. The molecular weight excluding hydrogens is 665 g/mol. The molecule has 49 heavy (non-hydrogen) atoms. The molecule has 0 aliphatic carbocycles. The molecule has 0 N–H and O–H groups in total. The van der Waals surface area contributed by atoms with E-state index in [-0.39, 0.29) is 13.2 Å². The Bertz CT molecular complexity index is 1550. The first-order valence-corrected chi connectivity index (χ1v) is 17.6. The molecule has 0 aliphatic rings. The molecule has 1 amide bonds. The Morgan fingerprint density at radius 2 is 1.61 bits per heavy atom. The number of allylic oxidation sites excluding steroid dienone is 1. The number of aryl methyl sites for hydroxylation is 1. The maximum atomic E-state index is 13.9. The highest BCUT2D eigenvalue weighted by atomic mass is 35.5. The van der Waals surface area contributed by atoms with E-state index < -0.39 is 42.3 Å².